The minimum absolute atomic E-state index is 0.0721. The van der Waals surface area contributed by atoms with Crippen LogP contribution in [0.15, 0.2) is 0 Å². The highest BCUT2D eigenvalue weighted by atomic mass is 35.5. The van der Waals surface area contributed by atoms with Gasteiger partial charge < -0.3 is 0 Å². The Hall–Kier alpha value is 0.0400. The summed E-state index contributed by atoms with van der Waals surface area (Å²) in [5.74, 6) is 0.270. The third-order valence-corrected chi connectivity index (χ3v) is 3.26. The van der Waals surface area contributed by atoms with E-state index in [4.69, 9.17) is 11.6 Å². The van der Waals surface area contributed by atoms with Crippen LogP contribution in [0.1, 0.15) is 38.5 Å². The molecule has 0 atom stereocenters. The summed E-state index contributed by atoms with van der Waals surface area (Å²) >= 11 is 5.58. The molecule has 0 bridgehead atoms. The predicted molar refractivity (Wildman–Crippen MR) is 59.8 cm³/mol. The Morgan fingerprint density at radius 1 is 1.06 bits per heavy atom. The molecule has 0 radical (unpaired) electrons. The Kier molecular flexibility index (Phi) is 5.90. The van der Waals surface area contributed by atoms with Crippen molar-refractivity contribution in [1.29, 1.82) is 0 Å². The largest absolute Gasteiger partial charge is 0.401 e. The van der Waals surface area contributed by atoms with Crippen LogP contribution in [0.2, 0.25) is 0 Å². The summed E-state index contributed by atoms with van der Waals surface area (Å²) in [6, 6.07) is 0.0721. The molecule has 0 spiro atoms. The van der Waals surface area contributed by atoms with Crippen molar-refractivity contribution in [2.45, 2.75) is 50.7 Å². The molecule has 1 nitrogen and oxygen atoms in total. The number of hydrogen-bond donors (Lipinski definition) is 0. The molecule has 0 amide bonds. The Morgan fingerprint density at radius 2 is 1.62 bits per heavy atom. The zero-order valence-electron chi connectivity index (χ0n) is 9.40. The van der Waals surface area contributed by atoms with Crippen LogP contribution in [0, 0.1) is 0 Å². The summed E-state index contributed by atoms with van der Waals surface area (Å²) in [4.78, 5) is 1.51. The van der Waals surface area contributed by atoms with E-state index in [-0.39, 0.29) is 11.9 Å². The fourth-order valence-electron chi connectivity index (χ4n) is 2.35. The first-order chi connectivity index (χ1) is 7.53. The van der Waals surface area contributed by atoms with Crippen LogP contribution in [0.4, 0.5) is 13.2 Å². The molecular formula is C11H19ClF3N. The topological polar surface area (TPSA) is 3.24 Å². The SMILES string of the molecule is FC(F)(F)CN(CCCl)C1CCCCCC1. The summed E-state index contributed by atoms with van der Waals surface area (Å²) in [6.07, 6.45) is 2.04. The van der Waals surface area contributed by atoms with Crippen LogP contribution >= 0.6 is 11.6 Å². The van der Waals surface area contributed by atoms with Gasteiger partial charge in [0.1, 0.15) is 0 Å². The predicted octanol–water partition coefficient (Wildman–Crippen LogP) is 3.81. The van der Waals surface area contributed by atoms with Crippen molar-refractivity contribution in [3.8, 4) is 0 Å². The molecule has 0 aliphatic heterocycles. The molecule has 0 saturated heterocycles. The van der Waals surface area contributed by atoms with E-state index in [1.54, 1.807) is 0 Å². The molecule has 5 heteroatoms. The van der Waals surface area contributed by atoms with Crippen molar-refractivity contribution in [2.24, 2.45) is 0 Å². The average molecular weight is 258 g/mol. The molecule has 0 aromatic heterocycles. The quantitative estimate of drug-likeness (QED) is 0.547. The van der Waals surface area contributed by atoms with Gasteiger partial charge in [-0.25, -0.2) is 0 Å². The maximum Gasteiger partial charge on any atom is 0.401 e. The van der Waals surface area contributed by atoms with Gasteiger partial charge in [-0.15, -0.1) is 11.6 Å². The summed E-state index contributed by atoms with van der Waals surface area (Å²) < 4.78 is 37.2. The van der Waals surface area contributed by atoms with Crippen molar-refractivity contribution in [3.63, 3.8) is 0 Å². The fourth-order valence-corrected chi connectivity index (χ4v) is 2.57. The molecule has 1 aliphatic carbocycles. The van der Waals surface area contributed by atoms with E-state index in [0.29, 0.717) is 6.54 Å². The third-order valence-electron chi connectivity index (χ3n) is 3.10. The Balaban J connectivity index is 2.52. The lowest BCUT2D eigenvalue weighted by atomic mass is 10.1. The lowest BCUT2D eigenvalue weighted by molar-refractivity contribution is -0.150. The standard InChI is InChI=1S/C11H19ClF3N/c12-7-8-16(9-11(13,14)15)10-5-3-1-2-4-6-10/h10H,1-9H2. The first-order valence-corrected chi connectivity index (χ1v) is 6.43. The Bertz CT molecular complexity index is 188. The number of alkyl halides is 4. The minimum Gasteiger partial charge on any atom is -0.291 e. The second-order valence-electron chi connectivity index (χ2n) is 4.42. The molecule has 1 saturated carbocycles. The molecule has 96 valence electrons. The van der Waals surface area contributed by atoms with E-state index in [2.05, 4.69) is 0 Å². The zero-order chi connectivity index (χ0) is 12.0. The van der Waals surface area contributed by atoms with E-state index in [0.717, 1.165) is 38.5 Å². The van der Waals surface area contributed by atoms with Crippen LogP contribution in [0.3, 0.4) is 0 Å². The van der Waals surface area contributed by atoms with Crippen molar-refractivity contribution < 1.29 is 13.2 Å². The Morgan fingerprint density at radius 3 is 2.06 bits per heavy atom. The van der Waals surface area contributed by atoms with E-state index in [1.807, 2.05) is 0 Å². The molecule has 0 aromatic carbocycles. The molecule has 1 fully saturated rings. The van der Waals surface area contributed by atoms with Gasteiger partial charge >= 0.3 is 6.18 Å². The lowest BCUT2D eigenvalue weighted by Crippen LogP contribution is -2.42. The molecule has 0 aromatic rings. The second kappa shape index (κ2) is 6.70. The van der Waals surface area contributed by atoms with Crippen LogP contribution in [-0.2, 0) is 0 Å². The Labute approximate surface area is 99.9 Å². The first-order valence-electron chi connectivity index (χ1n) is 5.89. The van der Waals surface area contributed by atoms with E-state index >= 15 is 0 Å². The smallest absolute Gasteiger partial charge is 0.291 e. The van der Waals surface area contributed by atoms with Gasteiger partial charge in [0.15, 0.2) is 0 Å². The number of hydrogen-bond acceptors (Lipinski definition) is 1. The van der Waals surface area contributed by atoms with Gasteiger partial charge in [-0.2, -0.15) is 13.2 Å². The van der Waals surface area contributed by atoms with Crippen molar-refractivity contribution in [3.05, 3.63) is 0 Å². The number of rotatable bonds is 4. The monoisotopic (exact) mass is 257 g/mol. The zero-order valence-corrected chi connectivity index (χ0v) is 10.2. The van der Waals surface area contributed by atoms with Crippen LogP contribution in [0.25, 0.3) is 0 Å². The van der Waals surface area contributed by atoms with Crippen molar-refractivity contribution in [1.82, 2.24) is 4.90 Å². The molecule has 1 aliphatic rings. The summed E-state index contributed by atoms with van der Waals surface area (Å²) in [5, 5.41) is 0. The average Bonchev–Trinajstić information content (AvgIpc) is 2.43. The highest BCUT2D eigenvalue weighted by Gasteiger charge is 2.33. The van der Waals surface area contributed by atoms with Gasteiger partial charge in [-0.3, -0.25) is 4.90 Å². The summed E-state index contributed by atoms with van der Waals surface area (Å²) in [7, 11) is 0. The molecule has 16 heavy (non-hydrogen) atoms. The van der Waals surface area contributed by atoms with Gasteiger partial charge in [0.25, 0.3) is 0 Å². The van der Waals surface area contributed by atoms with Crippen molar-refractivity contribution in [2.75, 3.05) is 19.0 Å². The van der Waals surface area contributed by atoms with Crippen LogP contribution in [0.5, 0.6) is 0 Å². The van der Waals surface area contributed by atoms with E-state index in [9.17, 15) is 13.2 Å². The van der Waals surface area contributed by atoms with Crippen LogP contribution < -0.4 is 0 Å². The molecule has 0 N–H and O–H groups in total. The number of halogens is 4. The molecular weight excluding hydrogens is 239 g/mol. The lowest BCUT2D eigenvalue weighted by Gasteiger charge is -2.31. The normalized spacial score (nSPS) is 20.1. The molecule has 0 heterocycles. The highest BCUT2D eigenvalue weighted by molar-refractivity contribution is 6.18. The summed E-state index contributed by atoms with van der Waals surface area (Å²) in [6.45, 7) is -0.476. The maximum atomic E-state index is 12.4. The van der Waals surface area contributed by atoms with E-state index < -0.39 is 12.7 Å². The second-order valence-corrected chi connectivity index (χ2v) is 4.80. The first kappa shape index (κ1) is 14.1. The third kappa shape index (κ3) is 5.39. The van der Waals surface area contributed by atoms with Gasteiger partial charge in [0, 0.05) is 18.5 Å². The minimum atomic E-state index is -4.11. The van der Waals surface area contributed by atoms with Gasteiger partial charge in [-0.1, -0.05) is 25.7 Å². The molecule has 1 rings (SSSR count). The highest BCUT2D eigenvalue weighted by Crippen LogP contribution is 2.25. The summed E-state index contributed by atoms with van der Waals surface area (Å²) in [5.41, 5.74) is 0. The number of nitrogens with zero attached hydrogens (tertiary/aromatic N) is 1. The van der Waals surface area contributed by atoms with Crippen LogP contribution in [-0.4, -0.2) is 36.1 Å². The van der Waals surface area contributed by atoms with Gasteiger partial charge in [0.05, 0.1) is 6.54 Å². The maximum absolute atomic E-state index is 12.4. The van der Waals surface area contributed by atoms with Gasteiger partial charge in [0.2, 0.25) is 0 Å². The van der Waals surface area contributed by atoms with E-state index in [1.165, 1.54) is 4.90 Å². The fraction of sp³-hybridized carbons (Fsp3) is 1.00. The molecule has 0 unspecified atom stereocenters. The van der Waals surface area contributed by atoms with Crippen molar-refractivity contribution >= 4 is 11.6 Å². The van der Waals surface area contributed by atoms with Gasteiger partial charge in [-0.05, 0) is 12.8 Å².